The number of amides is 1. The third-order valence-corrected chi connectivity index (χ3v) is 3.16. The van der Waals surface area contributed by atoms with Gasteiger partial charge in [-0.3, -0.25) is 9.59 Å². The molecule has 0 spiro atoms. The summed E-state index contributed by atoms with van der Waals surface area (Å²) in [6.07, 6.45) is 2.39. The van der Waals surface area contributed by atoms with Crippen molar-refractivity contribution in [1.29, 1.82) is 0 Å². The number of aliphatic carboxylic acids is 1. The van der Waals surface area contributed by atoms with Gasteiger partial charge in [-0.1, -0.05) is 6.92 Å². The minimum atomic E-state index is -1.06. The Morgan fingerprint density at radius 1 is 1.41 bits per heavy atom. The largest absolute Gasteiger partial charge is 0.503 e. The van der Waals surface area contributed by atoms with Crippen molar-refractivity contribution in [2.24, 2.45) is 0 Å². The van der Waals surface area contributed by atoms with E-state index in [1.165, 1.54) is 13.0 Å². The zero-order chi connectivity index (χ0) is 17.3. The number of nitrogens with one attached hydrogen (secondary N) is 1. The number of aromatic hydroxyl groups is 1. The van der Waals surface area contributed by atoms with Crippen LogP contribution >= 0.6 is 12.6 Å². The van der Waals surface area contributed by atoms with Gasteiger partial charge >= 0.3 is 5.97 Å². The molecule has 1 atom stereocenters. The van der Waals surface area contributed by atoms with E-state index >= 15 is 0 Å². The van der Waals surface area contributed by atoms with Crippen LogP contribution < -0.4 is 10.7 Å². The Labute approximate surface area is 134 Å². The van der Waals surface area contributed by atoms with Gasteiger partial charge in [0.2, 0.25) is 11.3 Å². The summed E-state index contributed by atoms with van der Waals surface area (Å²) in [5.41, 5.74) is 0.418. The number of carbonyl (C=O) groups is 2. The number of hydrogen-bond acceptors (Lipinski definition) is 5. The molecule has 3 N–H and O–H groups in total. The molecule has 124 valence electrons. The van der Waals surface area contributed by atoms with E-state index in [1.54, 1.807) is 6.20 Å². The third-order valence-electron chi connectivity index (χ3n) is 2.79. The molecule has 0 aliphatic heterocycles. The maximum Gasteiger partial charge on any atom is 0.327 e. The summed E-state index contributed by atoms with van der Waals surface area (Å²) < 4.78 is 1.87. The summed E-state index contributed by atoms with van der Waals surface area (Å²) in [5, 5.41) is 19.9. The lowest BCUT2D eigenvalue weighted by Crippen LogP contribution is -2.40. The molecule has 0 aliphatic carbocycles. The van der Waals surface area contributed by atoms with Crippen LogP contribution in [0, 0.1) is 0 Å². The highest BCUT2D eigenvalue weighted by atomic mass is 32.1. The fraction of sp³-hybridized carbons (Fsp3) is 0.500. The summed E-state index contributed by atoms with van der Waals surface area (Å²) in [4.78, 5) is 31.5. The van der Waals surface area contributed by atoms with E-state index in [0.717, 1.165) is 6.54 Å². The first-order valence-electron chi connectivity index (χ1n) is 6.80. The molecule has 0 fully saturated rings. The van der Waals surface area contributed by atoms with Gasteiger partial charge in [-0.15, -0.1) is 0 Å². The van der Waals surface area contributed by atoms with Gasteiger partial charge in [-0.05, 0) is 13.3 Å². The van der Waals surface area contributed by atoms with E-state index in [1.807, 2.05) is 18.4 Å². The Balaban J connectivity index is 0.000000409. The third kappa shape index (κ3) is 6.21. The van der Waals surface area contributed by atoms with Gasteiger partial charge in [0.05, 0.1) is 5.69 Å². The Morgan fingerprint density at radius 2 is 2.00 bits per heavy atom. The van der Waals surface area contributed by atoms with Crippen molar-refractivity contribution < 1.29 is 19.8 Å². The number of hydrogen-bond donors (Lipinski definition) is 4. The summed E-state index contributed by atoms with van der Waals surface area (Å²) in [6.45, 7) is 5.93. The summed E-state index contributed by atoms with van der Waals surface area (Å²) in [5.74, 6) is -1.43. The number of nitrogens with zero attached hydrogens (tertiary/aromatic N) is 1. The minimum Gasteiger partial charge on any atom is -0.503 e. The topological polar surface area (TPSA) is 109 Å². The molecule has 0 saturated carbocycles. The maximum absolute atomic E-state index is 11.0. The van der Waals surface area contributed by atoms with Gasteiger partial charge in [0.15, 0.2) is 5.75 Å². The van der Waals surface area contributed by atoms with Gasteiger partial charge in [-0.25, -0.2) is 4.79 Å². The Kier molecular flexibility index (Phi) is 9.00. The van der Waals surface area contributed by atoms with E-state index in [0.29, 0.717) is 12.1 Å². The van der Waals surface area contributed by atoms with Crippen molar-refractivity contribution in [2.45, 2.75) is 39.8 Å². The van der Waals surface area contributed by atoms with E-state index < -0.39 is 12.0 Å². The molecule has 0 aromatic carbocycles. The molecule has 22 heavy (non-hydrogen) atoms. The number of carboxylic acid groups (broad SMARTS) is 1. The first-order chi connectivity index (χ1) is 10.3. The lowest BCUT2D eigenvalue weighted by molar-refractivity contribution is -0.140. The second-order valence-corrected chi connectivity index (χ2v) is 4.75. The zero-order valence-corrected chi connectivity index (χ0v) is 13.8. The highest BCUT2D eigenvalue weighted by Crippen LogP contribution is 2.11. The van der Waals surface area contributed by atoms with Crippen molar-refractivity contribution >= 4 is 24.5 Å². The molecular weight excluding hydrogens is 308 g/mol. The van der Waals surface area contributed by atoms with E-state index in [2.05, 4.69) is 17.9 Å². The Hall–Kier alpha value is -1.96. The van der Waals surface area contributed by atoms with Crippen molar-refractivity contribution in [1.82, 2.24) is 9.88 Å². The lowest BCUT2D eigenvalue weighted by Gasteiger charge is -2.10. The first kappa shape index (κ1) is 20.0. The molecule has 1 amide bonds. The van der Waals surface area contributed by atoms with Crippen LogP contribution in [0.4, 0.5) is 0 Å². The van der Waals surface area contributed by atoms with Gasteiger partial charge in [-0.2, -0.15) is 12.6 Å². The predicted molar refractivity (Wildman–Crippen MR) is 86.5 cm³/mol. The van der Waals surface area contributed by atoms with E-state index in [9.17, 15) is 19.5 Å². The van der Waals surface area contributed by atoms with Crippen LogP contribution in [0.2, 0.25) is 0 Å². The maximum atomic E-state index is 11.0. The van der Waals surface area contributed by atoms with E-state index in [-0.39, 0.29) is 22.8 Å². The lowest BCUT2D eigenvalue weighted by atomic mass is 10.2. The van der Waals surface area contributed by atoms with Crippen LogP contribution in [0.25, 0.3) is 0 Å². The molecule has 1 rings (SSSR count). The van der Waals surface area contributed by atoms with Crippen molar-refractivity contribution in [3.05, 3.63) is 28.2 Å². The van der Waals surface area contributed by atoms with Gasteiger partial charge in [0, 0.05) is 31.5 Å². The molecule has 8 heteroatoms. The van der Waals surface area contributed by atoms with Crippen LogP contribution in [-0.4, -0.2) is 38.5 Å². The van der Waals surface area contributed by atoms with Crippen LogP contribution in [0.15, 0.2) is 17.1 Å². The highest BCUT2D eigenvalue weighted by molar-refractivity contribution is 7.80. The quantitative estimate of drug-likeness (QED) is 0.593. The monoisotopic (exact) mass is 330 g/mol. The summed E-state index contributed by atoms with van der Waals surface area (Å²) in [6, 6.07) is 0.513. The highest BCUT2D eigenvalue weighted by Gasteiger charge is 2.15. The number of aryl methyl sites for hydroxylation is 1. The molecule has 1 aromatic heterocycles. The Bertz CT molecular complexity index is 571. The molecule has 0 radical (unpaired) electrons. The van der Waals surface area contributed by atoms with Gasteiger partial charge in [0.25, 0.3) is 0 Å². The fourth-order valence-electron chi connectivity index (χ4n) is 1.70. The van der Waals surface area contributed by atoms with Crippen LogP contribution in [0.1, 0.15) is 26.5 Å². The average Bonchev–Trinajstić information content (AvgIpc) is 2.47. The number of carboxylic acids is 1. The number of carbonyl (C=O) groups excluding carboxylic acids is 1. The Morgan fingerprint density at radius 3 is 2.32 bits per heavy atom. The number of thiol groups is 1. The molecule has 1 heterocycles. The molecule has 0 saturated heterocycles. The SMILES string of the molecule is CC(=O)N[C@@H](CS)C(=O)O.CCc1c(O)c(=O)ccn1CC. The summed E-state index contributed by atoms with van der Waals surface area (Å²) in [7, 11) is 0. The molecule has 0 unspecified atom stereocenters. The smallest absolute Gasteiger partial charge is 0.327 e. The zero-order valence-electron chi connectivity index (χ0n) is 12.9. The molecule has 0 aliphatic rings. The van der Waals surface area contributed by atoms with Crippen LogP contribution in [0.5, 0.6) is 5.75 Å². The second kappa shape index (κ2) is 9.88. The molecule has 7 nitrogen and oxygen atoms in total. The van der Waals surface area contributed by atoms with Crippen molar-refractivity contribution in [3.63, 3.8) is 0 Å². The van der Waals surface area contributed by atoms with Crippen molar-refractivity contribution in [2.75, 3.05) is 5.75 Å². The molecule has 0 bridgehead atoms. The minimum absolute atomic E-state index is 0.106. The van der Waals surface area contributed by atoms with Gasteiger partial charge in [0.1, 0.15) is 6.04 Å². The van der Waals surface area contributed by atoms with Crippen LogP contribution in [-0.2, 0) is 22.6 Å². The number of aromatic nitrogens is 1. The van der Waals surface area contributed by atoms with Crippen molar-refractivity contribution in [3.8, 4) is 5.75 Å². The standard InChI is InChI=1S/C9H13NO2.C5H9NO3S/c1-3-7-9(12)8(11)5-6-10(7)4-2;1-3(7)6-4(2-10)5(8)9/h5-6,12H,3-4H2,1-2H3;4,10H,2H2,1H3,(H,6,7)(H,8,9)/t;4-/m.0/s1. The summed E-state index contributed by atoms with van der Waals surface area (Å²) >= 11 is 3.73. The average molecular weight is 330 g/mol. The number of rotatable bonds is 5. The first-order valence-corrected chi connectivity index (χ1v) is 7.43. The molecule has 1 aromatic rings. The van der Waals surface area contributed by atoms with Crippen LogP contribution in [0.3, 0.4) is 0 Å². The predicted octanol–water partition coefficient (Wildman–Crippen LogP) is 0.642. The normalized spacial score (nSPS) is 11.1. The van der Waals surface area contributed by atoms with E-state index in [4.69, 9.17) is 5.11 Å². The molecular formula is C14H22N2O5S. The fourth-order valence-corrected chi connectivity index (χ4v) is 1.95. The number of pyridine rings is 1. The van der Waals surface area contributed by atoms with Gasteiger partial charge < -0.3 is 20.1 Å². The second-order valence-electron chi connectivity index (χ2n) is 4.39.